The molecule has 0 bridgehead atoms. The van der Waals surface area contributed by atoms with Gasteiger partial charge in [0.25, 0.3) is 0 Å². The van der Waals surface area contributed by atoms with Gasteiger partial charge in [-0.25, -0.2) is 0 Å². The van der Waals surface area contributed by atoms with Crippen molar-refractivity contribution in [1.29, 1.82) is 0 Å². The smallest absolute Gasteiger partial charge is 0.243 e. The fraction of sp³-hybridized carbons (Fsp3) is 0.500. The molecule has 0 spiro atoms. The summed E-state index contributed by atoms with van der Waals surface area (Å²) in [7, 11) is 0. The van der Waals surface area contributed by atoms with Crippen molar-refractivity contribution < 1.29 is 4.79 Å². The highest BCUT2D eigenvalue weighted by Gasteiger charge is 2.00. The van der Waals surface area contributed by atoms with Crippen LogP contribution in [0.1, 0.15) is 24.7 Å². The number of amides is 1. The first-order valence-corrected chi connectivity index (χ1v) is 5.55. The topological polar surface area (TPSA) is 46.9 Å². The molecule has 4 nitrogen and oxygen atoms in total. The van der Waals surface area contributed by atoms with Gasteiger partial charge in [-0.05, 0) is 39.3 Å². The van der Waals surface area contributed by atoms with E-state index in [1.54, 1.807) is 6.08 Å². The zero-order valence-corrected chi connectivity index (χ0v) is 10.2. The first kappa shape index (κ1) is 12.5. The monoisotopic (exact) mass is 221 g/mol. The van der Waals surface area contributed by atoms with E-state index in [0.29, 0.717) is 6.54 Å². The molecular formula is C12H19N3O. The van der Waals surface area contributed by atoms with Gasteiger partial charge in [0.1, 0.15) is 0 Å². The Morgan fingerprint density at radius 1 is 1.56 bits per heavy atom. The Labute approximate surface area is 96.3 Å². The first-order chi connectivity index (χ1) is 7.63. The van der Waals surface area contributed by atoms with Gasteiger partial charge in [0.05, 0.1) is 5.69 Å². The summed E-state index contributed by atoms with van der Waals surface area (Å²) in [5, 5.41) is 7.17. The largest absolute Gasteiger partial charge is 0.352 e. The van der Waals surface area contributed by atoms with E-state index in [9.17, 15) is 4.79 Å². The highest BCUT2D eigenvalue weighted by atomic mass is 16.1. The fourth-order valence-corrected chi connectivity index (χ4v) is 1.55. The number of aryl methyl sites for hydroxylation is 3. The number of rotatable bonds is 5. The molecule has 0 aliphatic heterocycles. The van der Waals surface area contributed by atoms with Crippen molar-refractivity contribution in [3.05, 3.63) is 29.6 Å². The van der Waals surface area contributed by atoms with Gasteiger partial charge in [0.2, 0.25) is 5.91 Å². The van der Waals surface area contributed by atoms with Crippen LogP contribution in [0.2, 0.25) is 0 Å². The maximum atomic E-state index is 11.1. The average molecular weight is 221 g/mol. The van der Waals surface area contributed by atoms with Crippen LogP contribution >= 0.6 is 0 Å². The van der Waals surface area contributed by atoms with Crippen LogP contribution in [0.15, 0.2) is 18.2 Å². The molecule has 0 radical (unpaired) electrons. The Morgan fingerprint density at radius 2 is 2.31 bits per heavy atom. The minimum Gasteiger partial charge on any atom is -0.352 e. The van der Waals surface area contributed by atoms with Crippen molar-refractivity contribution in [3.63, 3.8) is 0 Å². The molecule has 0 saturated heterocycles. The van der Waals surface area contributed by atoms with Gasteiger partial charge in [-0.2, -0.15) is 5.10 Å². The molecule has 0 aliphatic carbocycles. The zero-order valence-electron chi connectivity index (χ0n) is 10.2. The summed E-state index contributed by atoms with van der Waals surface area (Å²) in [6.07, 6.45) is 4.16. The molecule has 4 heteroatoms. The SMILES string of the molecule is CC=CC(=O)NCCCn1nc(C)cc1C. The van der Waals surface area contributed by atoms with E-state index in [-0.39, 0.29) is 5.91 Å². The molecule has 1 N–H and O–H groups in total. The van der Waals surface area contributed by atoms with Gasteiger partial charge in [-0.15, -0.1) is 0 Å². The van der Waals surface area contributed by atoms with Crippen molar-refractivity contribution in [2.75, 3.05) is 6.54 Å². The number of nitrogens with one attached hydrogen (secondary N) is 1. The Kier molecular flexibility index (Phi) is 4.76. The number of hydrogen-bond donors (Lipinski definition) is 1. The molecule has 16 heavy (non-hydrogen) atoms. The summed E-state index contributed by atoms with van der Waals surface area (Å²) in [6, 6.07) is 2.05. The molecule has 0 unspecified atom stereocenters. The van der Waals surface area contributed by atoms with Crippen molar-refractivity contribution in [2.45, 2.75) is 33.7 Å². The number of carbonyl (C=O) groups is 1. The maximum absolute atomic E-state index is 11.1. The van der Waals surface area contributed by atoms with Crippen LogP contribution in [-0.2, 0) is 11.3 Å². The van der Waals surface area contributed by atoms with Crippen LogP contribution in [-0.4, -0.2) is 22.2 Å². The molecule has 0 aliphatic rings. The first-order valence-electron chi connectivity index (χ1n) is 5.55. The summed E-state index contributed by atoms with van der Waals surface area (Å²) in [5.74, 6) is -0.0316. The summed E-state index contributed by atoms with van der Waals surface area (Å²) in [5.41, 5.74) is 2.20. The lowest BCUT2D eigenvalue weighted by atomic mass is 10.3. The van der Waals surface area contributed by atoms with Gasteiger partial charge in [-0.1, -0.05) is 6.08 Å². The van der Waals surface area contributed by atoms with E-state index in [4.69, 9.17) is 0 Å². The van der Waals surface area contributed by atoms with E-state index >= 15 is 0 Å². The third kappa shape index (κ3) is 3.88. The summed E-state index contributed by atoms with van der Waals surface area (Å²) in [4.78, 5) is 11.1. The number of allylic oxidation sites excluding steroid dienone is 1. The van der Waals surface area contributed by atoms with E-state index in [1.165, 1.54) is 6.08 Å². The predicted molar refractivity (Wildman–Crippen MR) is 64.1 cm³/mol. The van der Waals surface area contributed by atoms with Gasteiger partial charge >= 0.3 is 0 Å². The van der Waals surface area contributed by atoms with Gasteiger partial charge in [0.15, 0.2) is 0 Å². The van der Waals surface area contributed by atoms with Crippen molar-refractivity contribution in [3.8, 4) is 0 Å². The second-order valence-corrected chi connectivity index (χ2v) is 3.79. The molecule has 1 aromatic rings. The Balaban J connectivity index is 2.26. The van der Waals surface area contributed by atoms with Crippen molar-refractivity contribution in [2.24, 2.45) is 0 Å². The lowest BCUT2D eigenvalue weighted by Gasteiger charge is -2.04. The van der Waals surface area contributed by atoms with Crippen LogP contribution in [0.3, 0.4) is 0 Å². The summed E-state index contributed by atoms with van der Waals surface area (Å²) >= 11 is 0. The molecule has 0 fully saturated rings. The molecule has 88 valence electrons. The van der Waals surface area contributed by atoms with E-state index < -0.39 is 0 Å². The molecule has 1 amide bonds. The minimum absolute atomic E-state index is 0.0316. The molecule has 1 rings (SSSR count). The highest BCUT2D eigenvalue weighted by Crippen LogP contribution is 2.02. The molecule has 1 heterocycles. The second kappa shape index (κ2) is 6.10. The van der Waals surface area contributed by atoms with E-state index in [1.807, 2.05) is 25.5 Å². The predicted octanol–water partition coefficient (Wildman–Crippen LogP) is 1.58. The third-order valence-electron chi connectivity index (χ3n) is 2.27. The Morgan fingerprint density at radius 3 is 2.88 bits per heavy atom. The summed E-state index contributed by atoms with van der Waals surface area (Å²) in [6.45, 7) is 7.38. The highest BCUT2D eigenvalue weighted by molar-refractivity contribution is 5.87. The number of carbonyl (C=O) groups excluding carboxylic acids is 1. The number of nitrogens with zero attached hydrogens (tertiary/aromatic N) is 2. The molecule has 0 atom stereocenters. The van der Waals surface area contributed by atoms with Gasteiger partial charge in [0, 0.05) is 18.8 Å². The second-order valence-electron chi connectivity index (χ2n) is 3.79. The normalized spacial score (nSPS) is 10.9. The maximum Gasteiger partial charge on any atom is 0.243 e. The van der Waals surface area contributed by atoms with E-state index in [2.05, 4.69) is 16.5 Å². The Bertz CT molecular complexity index is 380. The number of hydrogen-bond acceptors (Lipinski definition) is 2. The minimum atomic E-state index is -0.0316. The van der Waals surface area contributed by atoms with E-state index in [0.717, 1.165) is 24.4 Å². The molecule has 0 aromatic carbocycles. The van der Waals surface area contributed by atoms with Crippen molar-refractivity contribution in [1.82, 2.24) is 15.1 Å². The molecule has 0 saturated carbocycles. The van der Waals surface area contributed by atoms with Gasteiger partial charge < -0.3 is 5.32 Å². The zero-order chi connectivity index (χ0) is 12.0. The van der Waals surface area contributed by atoms with Crippen LogP contribution in [0, 0.1) is 13.8 Å². The van der Waals surface area contributed by atoms with Gasteiger partial charge in [-0.3, -0.25) is 9.48 Å². The lowest BCUT2D eigenvalue weighted by Crippen LogP contribution is -2.23. The van der Waals surface area contributed by atoms with Crippen LogP contribution in [0.25, 0.3) is 0 Å². The lowest BCUT2D eigenvalue weighted by molar-refractivity contribution is -0.116. The summed E-state index contributed by atoms with van der Waals surface area (Å²) < 4.78 is 1.97. The Hall–Kier alpha value is -1.58. The van der Waals surface area contributed by atoms with Crippen LogP contribution in [0.4, 0.5) is 0 Å². The molecule has 1 aromatic heterocycles. The van der Waals surface area contributed by atoms with Crippen LogP contribution < -0.4 is 5.32 Å². The standard InChI is InChI=1S/C12H19N3O/c1-4-6-12(16)13-7-5-8-15-11(3)9-10(2)14-15/h4,6,9H,5,7-8H2,1-3H3,(H,13,16). The van der Waals surface area contributed by atoms with Crippen molar-refractivity contribution >= 4 is 5.91 Å². The quantitative estimate of drug-likeness (QED) is 0.606. The number of aromatic nitrogens is 2. The average Bonchev–Trinajstić information content (AvgIpc) is 2.53. The molecular weight excluding hydrogens is 202 g/mol. The fourth-order valence-electron chi connectivity index (χ4n) is 1.55. The van der Waals surface area contributed by atoms with Crippen LogP contribution in [0.5, 0.6) is 0 Å². The third-order valence-corrected chi connectivity index (χ3v) is 2.27.